The minimum absolute atomic E-state index is 0.882. The minimum atomic E-state index is 0.882. The van der Waals surface area contributed by atoms with Crippen molar-refractivity contribution in [1.29, 1.82) is 0 Å². The van der Waals surface area contributed by atoms with Crippen LogP contribution in [-0.4, -0.2) is 0 Å². The molecule has 0 atom stereocenters. The van der Waals surface area contributed by atoms with Gasteiger partial charge >= 0.3 is 0 Å². The number of nitrogen functional groups attached to an aromatic ring is 1. The van der Waals surface area contributed by atoms with Crippen molar-refractivity contribution in [3.63, 3.8) is 0 Å². The molecule has 16 heavy (non-hydrogen) atoms. The number of benzene rings is 1. The van der Waals surface area contributed by atoms with Crippen LogP contribution in [0.4, 0.5) is 5.69 Å². The fourth-order valence-corrected chi connectivity index (χ4v) is 2.05. The summed E-state index contributed by atoms with van der Waals surface area (Å²) in [6.45, 7) is 0. The highest BCUT2D eigenvalue weighted by Crippen LogP contribution is 2.22. The van der Waals surface area contributed by atoms with Crippen LogP contribution in [0.1, 0.15) is 24.8 Å². The summed E-state index contributed by atoms with van der Waals surface area (Å²) in [5, 5.41) is 0. The molecule has 0 aliphatic heterocycles. The Bertz CT molecular complexity index is 430. The minimum Gasteiger partial charge on any atom is -0.399 e. The lowest BCUT2D eigenvalue weighted by atomic mass is 9.95. The average molecular weight is 214 g/mol. The van der Waals surface area contributed by atoms with Crippen LogP contribution in [0, 0.1) is 0 Å². The van der Waals surface area contributed by atoms with Crippen LogP contribution in [0.2, 0.25) is 0 Å². The van der Waals surface area contributed by atoms with E-state index in [1.807, 2.05) is 24.3 Å². The van der Waals surface area contributed by atoms with Gasteiger partial charge in [-0.05, 0) is 49.0 Å². The summed E-state index contributed by atoms with van der Waals surface area (Å²) >= 11 is 0. The highest BCUT2D eigenvalue weighted by Gasteiger charge is 2.06. The molecule has 0 aromatic heterocycles. The number of rotatable bonds is 3. The van der Waals surface area contributed by atoms with Crippen molar-refractivity contribution in [3.05, 3.63) is 53.3 Å². The fraction of sp³-hybridized carbons (Fsp3) is 0.286. The summed E-state index contributed by atoms with van der Waals surface area (Å²) in [5.41, 5.74) is 16.3. The van der Waals surface area contributed by atoms with Crippen molar-refractivity contribution >= 4 is 5.69 Å². The molecule has 2 nitrogen and oxygen atoms in total. The van der Waals surface area contributed by atoms with E-state index in [2.05, 4.69) is 12.1 Å². The molecular weight excluding hydrogens is 196 g/mol. The summed E-state index contributed by atoms with van der Waals surface area (Å²) in [6.07, 6.45) is 8.36. The van der Waals surface area contributed by atoms with Crippen molar-refractivity contribution in [2.24, 2.45) is 5.73 Å². The lowest BCUT2D eigenvalue weighted by Crippen LogP contribution is -2.05. The van der Waals surface area contributed by atoms with Crippen LogP contribution in [0.15, 0.2) is 47.7 Å². The van der Waals surface area contributed by atoms with Crippen LogP contribution in [-0.2, 0) is 6.42 Å². The van der Waals surface area contributed by atoms with Gasteiger partial charge in [0.2, 0.25) is 0 Å². The van der Waals surface area contributed by atoms with Crippen LogP contribution in [0.3, 0.4) is 0 Å². The Morgan fingerprint density at radius 2 is 1.88 bits per heavy atom. The largest absolute Gasteiger partial charge is 0.399 e. The van der Waals surface area contributed by atoms with E-state index in [9.17, 15) is 0 Å². The van der Waals surface area contributed by atoms with Gasteiger partial charge in [-0.1, -0.05) is 24.3 Å². The normalized spacial score (nSPS) is 15.5. The number of anilines is 1. The van der Waals surface area contributed by atoms with Gasteiger partial charge < -0.3 is 11.5 Å². The standard InChI is InChI=1S/C14H18N2/c15-13-7-3-1-5-11(13)9-10-12-6-2-4-8-14(12)16/h1,3-5,7-8H,2,6,9-10,15-16H2. The first-order valence-corrected chi connectivity index (χ1v) is 5.75. The Morgan fingerprint density at radius 1 is 1.06 bits per heavy atom. The van der Waals surface area contributed by atoms with Crippen LogP contribution in [0.5, 0.6) is 0 Å². The summed E-state index contributed by atoms with van der Waals surface area (Å²) in [4.78, 5) is 0. The summed E-state index contributed by atoms with van der Waals surface area (Å²) < 4.78 is 0. The third-order valence-electron chi connectivity index (χ3n) is 3.07. The van der Waals surface area contributed by atoms with Crippen molar-refractivity contribution in [2.75, 3.05) is 5.73 Å². The first-order chi connectivity index (χ1) is 7.77. The van der Waals surface area contributed by atoms with Gasteiger partial charge in [0, 0.05) is 11.4 Å². The maximum Gasteiger partial charge on any atom is 0.0346 e. The number of allylic oxidation sites excluding steroid dienone is 3. The van der Waals surface area contributed by atoms with E-state index in [1.54, 1.807) is 0 Å². The molecule has 0 unspecified atom stereocenters. The smallest absolute Gasteiger partial charge is 0.0346 e. The Hall–Kier alpha value is -1.70. The lowest BCUT2D eigenvalue weighted by Gasteiger charge is -2.13. The number of hydrogen-bond donors (Lipinski definition) is 2. The Balaban J connectivity index is 2.03. The number of para-hydroxylation sites is 1. The first-order valence-electron chi connectivity index (χ1n) is 5.75. The van der Waals surface area contributed by atoms with E-state index in [1.165, 1.54) is 11.1 Å². The molecule has 84 valence electrons. The second-order valence-electron chi connectivity index (χ2n) is 4.20. The van der Waals surface area contributed by atoms with Crippen LogP contribution < -0.4 is 11.5 Å². The third kappa shape index (κ3) is 2.45. The zero-order valence-electron chi connectivity index (χ0n) is 9.45. The van der Waals surface area contributed by atoms with E-state index in [4.69, 9.17) is 11.5 Å². The highest BCUT2D eigenvalue weighted by atomic mass is 14.6. The van der Waals surface area contributed by atoms with Crippen molar-refractivity contribution < 1.29 is 0 Å². The zero-order chi connectivity index (χ0) is 11.4. The quantitative estimate of drug-likeness (QED) is 0.760. The second kappa shape index (κ2) is 4.88. The van der Waals surface area contributed by atoms with Crippen molar-refractivity contribution in [1.82, 2.24) is 0 Å². The molecule has 1 aromatic carbocycles. The summed E-state index contributed by atoms with van der Waals surface area (Å²) in [6, 6.07) is 8.04. The molecule has 2 heteroatoms. The maximum absolute atomic E-state index is 5.94. The second-order valence-corrected chi connectivity index (χ2v) is 4.20. The lowest BCUT2D eigenvalue weighted by molar-refractivity contribution is 0.822. The molecule has 1 aromatic rings. The monoisotopic (exact) mass is 214 g/mol. The van der Waals surface area contributed by atoms with Gasteiger partial charge in [0.1, 0.15) is 0 Å². The Morgan fingerprint density at radius 3 is 2.62 bits per heavy atom. The zero-order valence-corrected chi connectivity index (χ0v) is 9.45. The van der Waals surface area contributed by atoms with Crippen molar-refractivity contribution in [3.8, 4) is 0 Å². The molecule has 2 rings (SSSR count). The molecule has 0 spiro atoms. The van der Waals surface area contributed by atoms with Gasteiger partial charge in [0.05, 0.1) is 0 Å². The van der Waals surface area contributed by atoms with E-state index in [-0.39, 0.29) is 0 Å². The predicted molar refractivity (Wildman–Crippen MR) is 68.8 cm³/mol. The van der Waals surface area contributed by atoms with Gasteiger partial charge in [0.25, 0.3) is 0 Å². The first kappa shape index (κ1) is 10.8. The molecule has 0 saturated heterocycles. The third-order valence-corrected chi connectivity index (χ3v) is 3.07. The Labute approximate surface area is 96.6 Å². The van der Waals surface area contributed by atoms with Gasteiger partial charge in [0.15, 0.2) is 0 Å². The highest BCUT2D eigenvalue weighted by molar-refractivity contribution is 5.46. The van der Waals surface area contributed by atoms with E-state index < -0.39 is 0 Å². The predicted octanol–water partition coefficient (Wildman–Crippen LogP) is 2.76. The SMILES string of the molecule is NC1=C(CCc2ccccc2N)CCC=C1. The number of nitrogens with two attached hydrogens (primary N) is 2. The number of hydrogen-bond acceptors (Lipinski definition) is 2. The van der Waals surface area contributed by atoms with Gasteiger partial charge in [-0.3, -0.25) is 0 Å². The molecular formula is C14H18N2. The molecule has 0 saturated carbocycles. The molecule has 0 bridgehead atoms. The molecule has 1 aliphatic rings. The molecule has 4 N–H and O–H groups in total. The number of aryl methyl sites for hydroxylation is 1. The van der Waals surface area contributed by atoms with Crippen LogP contribution >= 0.6 is 0 Å². The average Bonchev–Trinajstić information content (AvgIpc) is 2.30. The van der Waals surface area contributed by atoms with Gasteiger partial charge in [-0.25, -0.2) is 0 Å². The molecule has 0 radical (unpaired) electrons. The van der Waals surface area contributed by atoms with E-state index >= 15 is 0 Å². The molecule has 0 fully saturated rings. The molecule has 1 aliphatic carbocycles. The van der Waals surface area contributed by atoms with Crippen molar-refractivity contribution in [2.45, 2.75) is 25.7 Å². The van der Waals surface area contributed by atoms with E-state index in [0.717, 1.165) is 37.1 Å². The Kier molecular flexibility index (Phi) is 3.30. The fourth-order valence-electron chi connectivity index (χ4n) is 2.05. The molecule has 0 heterocycles. The van der Waals surface area contributed by atoms with E-state index in [0.29, 0.717) is 0 Å². The topological polar surface area (TPSA) is 52.0 Å². The summed E-state index contributed by atoms with van der Waals surface area (Å²) in [5.74, 6) is 0. The van der Waals surface area contributed by atoms with Gasteiger partial charge in [-0.15, -0.1) is 0 Å². The summed E-state index contributed by atoms with van der Waals surface area (Å²) in [7, 11) is 0. The van der Waals surface area contributed by atoms with Gasteiger partial charge in [-0.2, -0.15) is 0 Å². The molecule has 0 amide bonds. The maximum atomic E-state index is 5.94. The van der Waals surface area contributed by atoms with Crippen LogP contribution in [0.25, 0.3) is 0 Å².